The van der Waals surface area contributed by atoms with Crippen LogP contribution in [0.2, 0.25) is 0 Å². The van der Waals surface area contributed by atoms with Gasteiger partial charge in [0.1, 0.15) is 17.4 Å². The number of fused-ring (bicyclic) bond motifs is 1. The summed E-state index contributed by atoms with van der Waals surface area (Å²) in [5, 5.41) is 0.245. The highest BCUT2D eigenvalue weighted by molar-refractivity contribution is 5.95. The van der Waals surface area contributed by atoms with E-state index in [1.54, 1.807) is 0 Å². The molecule has 0 bridgehead atoms. The predicted octanol–water partition coefficient (Wildman–Crippen LogP) is 5.99. The lowest BCUT2D eigenvalue weighted by Gasteiger charge is -2.26. The number of furan rings is 1. The minimum Gasteiger partial charge on any atom is -0.461 e. The fraction of sp³-hybridized carbons (Fsp3) is 0.333. The van der Waals surface area contributed by atoms with E-state index in [0.29, 0.717) is 5.76 Å². The van der Waals surface area contributed by atoms with Gasteiger partial charge in [0.2, 0.25) is 0 Å². The van der Waals surface area contributed by atoms with E-state index in [4.69, 9.17) is 4.42 Å². The number of halogens is 6. The molecule has 0 spiro atoms. The largest absolute Gasteiger partial charge is 0.461 e. The van der Waals surface area contributed by atoms with Crippen molar-refractivity contribution in [3.8, 4) is 11.3 Å². The van der Waals surface area contributed by atoms with Crippen LogP contribution < -0.4 is 0 Å². The fourth-order valence-electron chi connectivity index (χ4n) is 3.85. The van der Waals surface area contributed by atoms with Crippen LogP contribution in [0.1, 0.15) is 34.5 Å². The third-order valence-corrected chi connectivity index (χ3v) is 5.24. The van der Waals surface area contributed by atoms with E-state index < -0.39 is 29.9 Å². The second-order valence-corrected chi connectivity index (χ2v) is 7.43. The normalized spacial score (nSPS) is 17.5. The zero-order valence-corrected chi connectivity index (χ0v) is 16.1. The Balaban J connectivity index is 1.67. The number of amides is 1. The third kappa shape index (κ3) is 3.98. The van der Waals surface area contributed by atoms with Gasteiger partial charge in [-0.2, -0.15) is 26.3 Å². The highest BCUT2D eigenvalue weighted by atomic mass is 19.4. The highest BCUT2D eigenvalue weighted by Gasteiger charge is 2.47. The van der Waals surface area contributed by atoms with Crippen LogP contribution in [-0.2, 0) is 6.18 Å². The first-order chi connectivity index (χ1) is 14.4. The topological polar surface area (TPSA) is 46.3 Å². The van der Waals surface area contributed by atoms with Gasteiger partial charge >= 0.3 is 12.4 Å². The van der Waals surface area contributed by atoms with Crippen molar-refractivity contribution < 1.29 is 35.6 Å². The van der Waals surface area contributed by atoms with Crippen LogP contribution in [0.4, 0.5) is 26.3 Å². The Morgan fingerprint density at radius 2 is 1.87 bits per heavy atom. The zero-order chi connectivity index (χ0) is 22.6. The molecule has 4 rings (SSSR count). The smallest absolute Gasteiger partial charge is 0.420 e. The van der Waals surface area contributed by atoms with Crippen LogP contribution in [0.5, 0.6) is 0 Å². The summed E-state index contributed by atoms with van der Waals surface area (Å²) in [5.41, 5.74) is -1.00. The van der Waals surface area contributed by atoms with E-state index in [2.05, 4.69) is 4.98 Å². The van der Waals surface area contributed by atoms with E-state index in [-0.39, 0.29) is 47.2 Å². The number of carbonyl (C=O) groups is 1. The first-order valence-corrected chi connectivity index (χ1v) is 9.40. The van der Waals surface area contributed by atoms with Gasteiger partial charge in [0.05, 0.1) is 16.8 Å². The first-order valence-electron chi connectivity index (χ1n) is 9.40. The fourth-order valence-corrected chi connectivity index (χ4v) is 3.85. The Morgan fingerprint density at radius 3 is 2.48 bits per heavy atom. The van der Waals surface area contributed by atoms with Crippen molar-refractivity contribution in [3.63, 3.8) is 0 Å². The van der Waals surface area contributed by atoms with Gasteiger partial charge in [-0.05, 0) is 50.1 Å². The number of rotatable bonds is 2. The monoisotopic (exact) mass is 442 g/mol. The van der Waals surface area contributed by atoms with Gasteiger partial charge in [-0.25, -0.2) is 0 Å². The Hall–Kier alpha value is -3.04. The lowest BCUT2D eigenvalue weighted by molar-refractivity contribution is -0.169. The summed E-state index contributed by atoms with van der Waals surface area (Å²) in [6.07, 6.45) is -8.01. The molecule has 164 valence electrons. The number of carbonyl (C=O) groups excluding carboxylic acids is 1. The number of hydrogen-bond donors (Lipinski definition) is 0. The maximum absolute atomic E-state index is 13.5. The Morgan fingerprint density at radius 1 is 1.13 bits per heavy atom. The molecule has 3 aromatic rings. The van der Waals surface area contributed by atoms with Crippen LogP contribution in [0.15, 0.2) is 40.9 Å². The molecule has 1 fully saturated rings. The molecule has 0 unspecified atom stereocenters. The van der Waals surface area contributed by atoms with E-state index in [1.165, 1.54) is 31.2 Å². The molecule has 31 heavy (non-hydrogen) atoms. The van der Waals surface area contributed by atoms with E-state index >= 15 is 0 Å². The molecule has 4 nitrogen and oxygen atoms in total. The Labute approximate surface area is 172 Å². The number of nitrogens with zero attached hydrogens (tertiary/aromatic N) is 2. The van der Waals surface area contributed by atoms with E-state index in [1.807, 2.05) is 0 Å². The molecule has 2 aromatic heterocycles. The van der Waals surface area contributed by atoms with Crippen molar-refractivity contribution >= 4 is 16.9 Å². The average molecular weight is 442 g/mol. The SMILES string of the molecule is Cc1cc2cc(-c3ccc(C(=O)N4CCC[C@H]4C(F)(F)F)cn3)cc(C(F)(F)F)c2o1. The minimum absolute atomic E-state index is 0.0176. The van der Waals surface area contributed by atoms with E-state index in [9.17, 15) is 31.1 Å². The van der Waals surface area contributed by atoms with Crippen LogP contribution in [0.3, 0.4) is 0 Å². The van der Waals surface area contributed by atoms with Crippen LogP contribution in [0, 0.1) is 6.92 Å². The number of aryl methyl sites for hydroxylation is 1. The van der Waals surface area contributed by atoms with Gasteiger partial charge in [-0.3, -0.25) is 9.78 Å². The van der Waals surface area contributed by atoms with Gasteiger partial charge in [-0.1, -0.05) is 0 Å². The van der Waals surface area contributed by atoms with Crippen LogP contribution in [-0.4, -0.2) is 34.6 Å². The molecule has 1 aromatic carbocycles. The molecule has 1 atom stereocenters. The van der Waals surface area contributed by atoms with Gasteiger partial charge in [-0.15, -0.1) is 0 Å². The summed E-state index contributed by atoms with van der Waals surface area (Å²) in [6, 6.07) is 4.59. The summed E-state index contributed by atoms with van der Waals surface area (Å²) in [7, 11) is 0. The molecule has 1 amide bonds. The number of benzene rings is 1. The van der Waals surface area contributed by atoms with Gasteiger partial charge in [0, 0.05) is 23.7 Å². The van der Waals surface area contributed by atoms with Crippen molar-refractivity contribution in [2.24, 2.45) is 0 Å². The van der Waals surface area contributed by atoms with Crippen molar-refractivity contribution in [1.82, 2.24) is 9.88 Å². The van der Waals surface area contributed by atoms with Crippen LogP contribution >= 0.6 is 0 Å². The lowest BCUT2D eigenvalue weighted by atomic mass is 10.0. The van der Waals surface area contributed by atoms with Crippen molar-refractivity contribution in [2.45, 2.75) is 38.2 Å². The summed E-state index contributed by atoms with van der Waals surface area (Å²) in [4.78, 5) is 17.3. The molecule has 0 saturated carbocycles. The molecule has 3 heterocycles. The predicted molar refractivity (Wildman–Crippen MR) is 99.3 cm³/mol. The third-order valence-electron chi connectivity index (χ3n) is 5.24. The summed E-state index contributed by atoms with van der Waals surface area (Å²) >= 11 is 0. The minimum atomic E-state index is -4.66. The first kappa shape index (κ1) is 21.2. The maximum atomic E-state index is 13.5. The molecule has 0 N–H and O–H groups in total. The summed E-state index contributed by atoms with van der Waals surface area (Å²) in [5.74, 6) is -0.493. The molecular weight excluding hydrogens is 426 g/mol. The highest BCUT2D eigenvalue weighted by Crippen LogP contribution is 2.39. The molecule has 10 heteroatoms. The lowest BCUT2D eigenvalue weighted by Crippen LogP contribution is -2.44. The summed E-state index contributed by atoms with van der Waals surface area (Å²) in [6.45, 7) is 1.52. The molecule has 1 aliphatic rings. The number of hydrogen-bond acceptors (Lipinski definition) is 3. The molecule has 1 aliphatic heterocycles. The Bertz CT molecular complexity index is 1130. The molecule has 0 radical (unpaired) electrons. The molecule has 0 aliphatic carbocycles. The number of likely N-dealkylation sites (tertiary alicyclic amines) is 1. The van der Waals surface area contributed by atoms with E-state index in [0.717, 1.165) is 17.2 Å². The Kier molecular flexibility index (Phi) is 4.98. The van der Waals surface area contributed by atoms with Gasteiger partial charge in [0.15, 0.2) is 0 Å². The van der Waals surface area contributed by atoms with Crippen molar-refractivity contribution in [2.75, 3.05) is 6.54 Å². The zero-order valence-electron chi connectivity index (χ0n) is 16.1. The standard InChI is InChI=1S/C21H16F6N2O2/c1-11-7-14-8-13(9-15(18(14)31-11)20(22,23)24)16-5-4-12(10-28-16)19(30)29-6-2-3-17(29)21(25,26)27/h4-5,7-10,17H,2-3,6H2,1H3/t17-/m0/s1. The number of aromatic nitrogens is 1. The quantitative estimate of drug-likeness (QED) is 0.458. The van der Waals surface area contributed by atoms with Crippen LogP contribution in [0.25, 0.3) is 22.2 Å². The molecule has 1 saturated heterocycles. The van der Waals surface area contributed by atoms with Gasteiger partial charge < -0.3 is 9.32 Å². The maximum Gasteiger partial charge on any atom is 0.420 e. The second kappa shape index (κ2) is 7.28. The van der Waals surface area contributed by atoms with Crippen molar-refractivity contribution in [3.05, 3.63) is 53.4 Å². The number of pyridine rings is 1. The van der Waals surface area contributed by atoms with Crippen molar-refractivity contribution in [1.29, 1.82) is 0 Å². The second-order valence-electron chi connectivity index (χ2n) is 7.43. The average Bonchev–Trinajstić information content (AvgIpc) is 3.31. The summed E-state index contributed by atoms with van der Waals surface area (Å²) < 4.78 is 85.0. The number of alkyl halides is 6. The van der Waals surface area contributed by atoms with Gasteiger partial charge in [0.25, 0.3) is 5.91 Å². The molecular formula is C21H16F6N2O2.